The first-order valence-corrected chi connectivity index (χ1v) is 10.6. The molecule has 0 bridgehead atoms. The summed E-state index contributed by atoms with van der Waals surface area (Å²) in [6.45, 7) is 0.164. The van der Waals surface area contributed by atoms with Crippen LogP contribution in [0.25, 0.3) is 0 Å². The normalized spacial score (nSPS) is 12.3. The van der Waals surface area contributed by atoms with E-state index in [9.17, 15) is 17.6 Å². The molecule has 1 amide bonds. The van der Waals surface area contributed by atoms with E-state index >= 15 is 0 Å². The zero-order valence-corrected chi connectivity index (χ0v) is 16.4. The molecule has 0 heterocycles. The van der Waals surface area contributed by atoms with Crippen molar-refractivity contribution in [2.75, 3.05) is 0 Å². The lowest BCUT2D eigenvalue weighted by Gasteiger charge is -2.19. The molecule has 0 spiro atoms. The number of nitrogens with one attached hydrogen (secondary N) is 2. The van der Waals surface area contributed by atoms with E-state index in [1.807, 2.05) is 30.3 Å². The molecule has 0 unspecified atom stereocenters. The van der Waals surface area contributed by atoms with Gasteiger partial charge in [0.25, 0.3) is 0 Å². The summed E-state index contributed by atoms with van der Waals surface area (Å²) in [4.78, 5) is 12.9. The third-order valence-electron chi connectivity index (χ3n) is 4.33. The van der Waals surface area contributed by atoms with Gasteiger partial charge in [-0.2, -0.15) is 4.72 Å². The number of benzene rings is 3. The van der Waals surface area contributed by atoms with Crippen molar-refractivity contribution in [1.29, 1.82) is 0 Å². The van der Waals surface area contributed by atoms with Crippen LogP contribution in [0.2, 0.25) is 0 Å². The van der Waals surface area contributed by atoms with Crippen LogP contribution in [-0.4, -0.2) is 20.4 Å². The summed E-state index contributed by atoms with van der Waals surface area (Å²) in [5.41, 5.74) is 1.54. The number of amides is 1. The molecular formula is C22H21FN2O3S. The van der Waals surface area contributed by atoms with Gasteiger partial charge in [0.05, 0.1) is 4.90 Å². The van der Waals surface area contributed by atoms with Crippen molar-refractivity contribution in [3.63, 3.8) is 0 Å². The van der Waals surface area contributed by atoms with Crippen molar-refractivity contribution >= 4 is 15.9 Å². The predicted molar refractivity (Wildman–Crippen MR) is 109 cm³/mol. The van der Waals surface area contributed by atoms with E-state index in [1.165, 1.54) is 24.3 Å². The monoisotopic (exact) mass is 412 g/mol. The van der Waals surface area contributed by atoms with Gasteiger partial charge >= 0.3 is 0 Å². The highest BCUT2D eigenvalue weighted by atomic mass is 32.2. The lowest BCUT2D eigenvalue weighted by atomic mass is 10.1. The van der Waals surface area contributed by atoms with E-state index < -0.39 is 22.0 Å². The second-order valence-electron chi connectivity index (χ2n) is 6.52. The first kappa shape index (κ1) is 20.7. The van der Waals surface area contributed by atoms with Crippen LogP contribution in [0.3, 0.4) is 0 Å². The number of hydrogen-bond acceptors (Lipinski definition) is 3. The van der Waals surface area contributed by atoms with Crippen molar-refractivity contribution in [2.45, 2.75) is 23.9 Å². The third-order valence-corrected chi connectivity index (χ3v) is 5.82. The molecule has 0 aliphatic rings. The molecule has 29 heavy (non-hydrogen) atoms. The van der Waals surface area contributed by atoms with Gasteiger partial charge in [-0.1, -0.05) is 60.7 Å². The fourth-order valence-electron chi connectivity index (χ4n) is 2.81. The number of carbonyl (C=O) groups is 1. The van der Waals surface area contributed by atoms with Crippen LogP contribution in [0.1, 0.15) is 11.1 Å². The Hall–Kier alpha value is -3.03. The van der Waals surface area contributed by atoms with E-state index in [0.29, 0.717) is 5.56 Å². The minimum atomic E-state index is -3.87. The summed E-state index contributed by atoms with van der Waals surface area (Å²) in [6.07, 6.45) is 0.197. The first-order valence-electron chi connectivity index (χ1n) is 9.07. The molecule has 0 radical (unpaired) electrons. The van der Waals surface area contributed by atoms with E-state index in [0.717, 1.165) is 5.56 Å². The highest BCUT2D eigenvalue weighted by molar-refractivity contribution is 7.89. The van der Waals surface area contributed by atoms with E-state index in [-0.39, 0.29) is 23.7 Å². The molecule has 0 fully saturated rings. The van der Waals surface area contributed by atoms with Gasteiger partial charge in [0.2, 0.25) is 15.9 Å². The molecule has 0 saturated heterocycles. The summed E-state index contributed by atoms with van der Waals surface area (Å²) < 4.78 is 41.0. The fourth-order valence-corrected chi connectivity index (χ4v) is 4.02. The van der Waals surface area contributed by atoms with Crippen molar-refractivity contribution < 1.29 is 17.6 Å². The van der Waals surface area contributed by atoms with Gasteiger partial charge < -0.3 is 5.32 Å². The number of carbonyl (C=O) groups excluding carboxylic acids is 1. The Bertz CT molecular complexity index is 1040. The molecule has 3 aromatic carbocycles. The van der Waals surface area contributed by atoms with Gasteiger partial charge in [0.15, 0.2) is 0 Å². The second kappa shape index (κ2) is 9.45. The lowest BCUT2D eigenvalue weighted by Crippen LogP contribution is -2.47. The predicted octanol–water partition coefficient (Wildman–Crippen LogP) is 3.03. The summed E-state index contributed by atoms with van der Waals surface area (Å²) >= 11 is 0. The van der Waals surface area contributed by atoms with Gasteiger partial charge in [-0.15, -0.1) is 0 Å². The van der Waals surface area contributed by atoms with E-state index in [2.05, 4.69) is 10.0 Å². The van der Waals surface area contributed by atoms with Crippen LogP contribution < -0.4 is 10.0 Å². The van der Waals surface area contributed by atoms with Crippen molar-refractivity contribution in [2.24, 2.45) is 0 Å². The topological polar surface area (TPSA) is 75.3 Å². The Kier molecular flexibility index (Phi) is 6.74. The maximum absolute atomic E-state index is 13.0. The van der Waals surface area contributed by atoms with Crippen LogP contribution in [-0.2, 0) is 27.8 Å². The number of hydrogen-bond donors (Lipinski definition) is 2. The smallest absolute Gasteiger partial charge is 0.241 e. The zero-order valence-electron chi connectivity index (χ0n) is 15.6. The molecule has 0 aromatic heterocycles. The van der Waals surface area contributed by atoms with Gasteiger partial charge in [0.1, 0.15) is 11.9 Å². The standard InChI is InChI=1S/C22H21FN2O3S/c23-19-13-11-18(12-14-19)16-24-22(26)21(15-17-7-3-1-4-8-17)25-29(27,28)20-9-5-2-6-10-20/h1-14,21,25H,15-16H2,(H,24,26)/t21-/m1/s1. The quantitative estimate of drug-likeness (QED) is 0.597. The minimum absolute atomic E-state index is 0.0874. The van der Waals surface area contributed by atoms with Gasteiger partial charge in [-0.3, -0.25) is 4.79 Å². The SMILES string of the molecule is O=C(NCc1ccc(F)cc1)[C@@H](Cc1ccccc1)NS(=O)(=O)c1ccccc1. The maximum atomic E-state index is 13.0. The van der Waals surface area contributed by atoms with E-state index in [1.54, 1.807) is 30.3 Å². The molecule has 3 rings (SSSR count). The Morgan fingerprint density at radius 1 is 0.828 bits per heavy atom. The third kappa shape index (κ3) is 5.97. The fraction of sp³-hybridized carbons (Fsp3) is 0.136. The summed E-state index contributed by atoms with van der Waals surface area (Å²) in [5, 5.41) is 2.72. The average molecular weight is 412 g/mol. The summed E-state index contributed by atoms with van der Waals surface area (Å²) in [7, 11) is -3.87. The molecule has 2 N–H and O–H groups in total. The molecule has 5 nitrogen and oxygen atoms in total. The average Bonchev–Trinajstić information content (AvgIpc) is 2.74. The van der Waals surface area contributed by atoms with Crippen LogP contribution in [0, 0.1) is 5.82 Å². The number of sulfonamides is 1. The summed E-state index contributed by atoms with van der Waals surface area (Å²) in [6, 6.07) is 21.8. The van der Waals surface area contributed by atoms with Crippen molar-refractivity contribution in [3.8, 4) is 0 Å². The van der Waals surface area contributed by atoms with Crippen LogP contribution in [0.5, 0.6) is 0 Å². The molecule has 1 atom stereocenters. The molecule has 0 aliphatic carbocycles. The zero-order chi connectivity index (χ0) is 20.7. The maximum Gasteiger partial charge on any atom is 0.241 e. The number of halogens is 1. The van der Waals surface area contributed by atoms with Crippen molar-refractivity contribution in [3.05, 3.63) is 102 Å². The molecule has 0 aliphatic heterocycles. The Morgan fingerprint density at radius 2 is 1.41 bits per heavy atom. The molecular weight excluding hydrogens is 391 g/mol. The molecule has 7 heteroatoms. The highest BCUT2D eigenvalue weighted by Gasteiger charge is 2.25. The van der Waals surface area contributed by atoms with Gasteiger partial charge in [-0.05, 0) is 41.8 Å². The summed E-state index contributed by atoms with van der Waals surface area (Å²) in [5.74, 6) is -0.824. The second-order valence-corrected chi connectivity index (χ2v) is 8.23. The van der Waals surface area contributed by atoms with Crippen LogP contribution >= 0.6 is 0 Å². The van der Waals surface area contributed by atoms with E-state index in [4.69, 9.17) is 0 Å². The van der Waals surface area contributed by atoms with Crippen LogP contribution in [0.4, 0.5) is 4.39 Å². The first-order chi connectivity index (χ1) is 13.9. The Morgan fingerprint density at radius 3 is 2.03 bits per heavy atom. The lowest BCUT2D eigenvalue weighted by molar-refractivity contribution is -0.122. The van der Waals surface area contributed by atoms with Gasteiger partial charge in [-0.25, -0.2) is 12.8 Å². The molecule has 0 saturated carbocycles. The Balaban J connectivity index is 1.76. The van der Waals surface area contributed by atoms with Gasteiger partial charge in [0, 0.05) is 6.54 Å². The van der Waals surface area contributed by atoms with Crippen molar-refractivity contribution in [1.82, 2.24) is 10.0 Å². The highest BCUT2D eigenvalue weighted by Crippen LogP contribution is 2.11. The Labute approximate surface area is 169 Å². The molecule has 3 aromatic rings. The molecule has 150 valence electrons. The minimum Gasteiger partial charge on any atom is -0.351 e. The van der Waals surface area contributed by atoms with Crippen LogP contribution in [0.15, 0.2) is 89.8 Å². The largest absolute Gasteiger partial charge is 0.351 e. The number of rotatable bonds is 8.